The van der Waals surface area contributed by atoms with Gasteiger partial charge in [0, 0.05) is 18.2 Å². The largest absolute Gasteiger partial charge is 0.337 e. The van der Waals surface area contributed by atoms with Crippen molar-refractivity contribution >= 4 is 5.91 Å². The Morgan fingerprint density at radius 3 is 2.61 bits per heavy atom. The van der Waals surface area contributed by atoms with E-state index in [2.05, 4.69) is 10.1 Å². The first-order valence-electron chi connectivity index (χ1n) is 8.49. The van der Waals surface area contributed by atoms with Gasteiger partial charge in [-0.15, -0.1) is 0 Å². The second-order valence-electron chi connectivity index (χ2n) is 6.37. The third-order valence-corrected chi connectivity index (χ3v) is 4.58. The number of benzene rings is 2. The molecule has 2 aromatic carbocycles. The molecule has 28 heavy (non-hydrogen) atoms. The fourth-order valence-corrected chi connectivity index (χ4v) is 3.21. The molecule has 1 aliphatic heterocycles. The number of aromatic nitrogens is 2. The van der Waals surface area contributed by atoms with Gasteiger partial charge in [-0.1, -0.05) is 5.16 Å². The van der Waals surface area contributed by atoms with Crippen LogP contribution in [0.15, 0.2) is 40.9 Å². The molecule has 1 aliphatic rings. The average molecular weight is 391 g/mol. The molecule has 9 heteroatoms. The van der Waals surface area contributed by atoms with Gasteiger partial charge in [-0.25, -0.2) is 17.6 Å². The molecule has 0 bridgehead atoms. The second-order valence-corrected chi connectivity index (χ2v) is 6.37. The second kappa shape index (κ2) is 7.06. The number of likely N-dealkylation sites (tertiary alicyclic amines) is 1. The SMILES string of the molecule is O=C(c1ccc(F)c(F)c1)N1CCC[C@@H]1c1nc(-c2ccc(F)cc2F)no1. The molecule has 1 aromatic heterocycles. The van der Waals surface area contributed by atoms with Gasteiger partial charge in [0.2, 0.25) is 11.7 Å². The molecule has 1 saturated heterocycles. The van der Waals surface area contributed by atoms with Crippen molar-refractivity contribution in [1.82, 2.24) is 15.0 Å². The van der Waals surface area contributed by atoms with E-state index in [4.69, 9.17) is 4.52 Å². The molecule has 1 fully saturated rings. The quantitative estimate of drug-likeness (QED) is 0.626. The average Bonchev–Trinajstić information content (AvgIpc) is 3.32. The lowest BCUT2D eigenvalue weighted by Gasteiger charge is -2.21. The normalized spacial score (nSPS) is 16.6. The Balaban J connectivity index is 1.61. The van der Waals surface area contributed by atoms with Gasteiger partial charge in [0.25, 0.3) is 5.91 Å². The van der Waals surface area contributed by atoms with Crippen molar-refractivity contribution in [3.05, 3.63) is 71.1 Å². The Hall–Kier alpha value is -3.23. The van der Waals surface area contributed by atoms with Crippen molar-refractivity contribution in [1.29, 1.82) is 0 Å². The summed E-state index contributed by atoms with van der Waals surface area (Å²) in [6.45, 7) is 0.366. The minimum Gasteiger partial charge on any atom is -0.337 e. The summed E-state index contributed by atoms with van der Waals surface area (Å²) in [6, 6.07) is 5.31. The lowest BCUT2D eigenvalue weighted by molar-refractivity contribution is 0.0709. The number of carbonyl (C=O) groups is 1. The summed E-state index contributed by atoms with van der Waals surface area (Å²) in [5.74, 6) is -4.22. The molecule has 0 radical (unpaired) electrons. The molecule has 0 spiro atoms. The van der Waals surface area contributed by atoms with Gasteiger partial charge < -0.3 is 9.42 Å². The number of nitrogens with zero attached hydrogens (tertiary/aromatic N) is 3. The number of hydrogen-bond acceptors (Lipinski definition) is 4. The van der Waals surface area contributed by atoms with Gasteiger partial charge >= 0.3 is 0 Å². The number of amides is 1. The third kappa shape index (κ3) is 3.23. The summed E-state index contributed by atoms with van der Waals surface area (Å²) in [4.78, 5) is 18.3. The molecule has 2 heterocycles. The van der Waals surface area contributed by atoms with Gasteiger partial charge in [-0.2, -0.15) is 4.98 Å². The Labute approximate surface area is 156 Å². The Morgan fingerprint density at radius 1 is 1.04 bits per heavy atom. The van der Waals surface area contributed by atoms with E-state index in [1.54, 1.807) is 0 Å². The van der Waals surface area contributed by atoms with Crippen LogP contribution in [0.25, 0.3) is 11.4 Å². The summed E-state index contributed by atoms with van der Waals surface area (Å²) in [6.07, 6.45) is 1.16. The first kappa shape index (κ1) is 18.1. The summed E-state index contributed by atoms with van der Waals surface area (Å²) in [7, 11) is 0. The smallest absolute Gasteiger partial charge is 0.254 e. The van der Waals surface area contributed by atoms with Crippen molar-refractivity contribution in [2.75, 3.05) is 6.54 Å². The Bertz CT molecular complexity index is 1050. The molecule has 5 nitrogen and oxygen atoms in total. The van der Waals surface area contributed by atoms with Crippen LogP contribution in [0.5, 0.6) is 0 Å². The Kier molecular flexibility index (Phi) is 4.58. The lowest BCUT2D eigenvalue weighted by Crippen LogP contribution is -2.30. The molecule has 3 aromatic rings. The zero-order valence-corrected chi connectivity index (χ0v) is 14.3. The van der Waals surface area contributed by atoms with Gasteiger partial charge in [-0.05, 0) is 43.2 Å². The molecular weight excluding hydrogens is 378 g/mol. The number of halogens is 4. The predicted octanol–water partition coefficient (Wildman–Crippen LogP) is 4.27. The highest BCUT2D eigenvalue weighted by molar-refractivity contribution is 5.94. The van der Waals surface area contributed by atoms with Gasteiger partial charge in [0.15, 0.2) is 11.6 Å². The van der Waals surface area contributed by atoms with E-state index in [0.29, 0.717) is 25.5 Å². The van der Waals surface area contributed by atoms with E-state index in [1.807, 2.05) is 0 Å². The monoisotopic (exact) mass is 391 g/mol. The molecule has 0 saturated carbocycles. The molecule has 0 N–H and O–H groups in total. The molecule has 0 unspecified atom stereocenters. The van der Waals surface area contributed by atoms with Crippen molar-refractivity contribution in [2.45, 2.75) is 18.9 Å². The molecule has 1 atom stereocenters. The predicted molar refractivity (Wildman–Crippen MR) is 89.0 cm³/mol. The minimum atomic E-state index is -1.12. The molecule has 144 valence electrons. The fraction of sp³-hybridized carbons (Fsp3) is 0.211. The molecule has 0 aliphatic carbocycles. The van der Waals surface area contributed by atoms with E-state index in [1.165, 1.54) is 17.0 Å². The van der Waals surface area contributed by atoms with E-state index in [0.717, 1.165) is 18.2 Å². The van der Waals surface area contributed by atoms with Crippen LogP contribution in [0.4, 0.5) is 17.6 Å². The van der Waals surface area contributed by atoms with Gasteiger partial charge in [0.1, 0.15) is 17.7 Å². The number of hydrogen-bond donors (Lipinski definition) is 0. The topological polar surface area (TPSA) is 59.2 Å². The Morgan fingerprint density at radius 2 is 1.86 bits per heavy atom. The van der Waals surface area contributed by atoms with E-state index < -0.39 is 35.2 Å². The highest BCUT2D eigenvalue weighted by Gasteiger charge is 2.35. The number of carbonyl (C=O) groups excluding carboxylic acids is 1. The summed E-state index contributed by atoms with van der Waals surface area (Å²) < 4.78 is 58.8. The van der Waals surface area contributed by atoms with Crippen LogP contribution in [0.2, 0.25) is 0 Å². The zero-order valence-electron chi connectivity index (χ0n) is 14.3. The first-order valence-corrected chi connectivity index (χ1v) is 8.49. The maximum Gasteiger partial charge on any atom is 0.254 e. The zero-order chi connectivity index (χ0) is 19.8. The molecule has 4 rings (SSSR count). The lowest BCUT2D eigenvalue weighted by atomic mass is 10.1. The van der Waals surface area contributed by atoms with Crippen LogP contribution in [-0.2, 0) is 0 Å². The maximum atomic E-state index is 13.9. The van der Waals surface area contributed by atoms with Crippen molar-refractivity contribution in [2.24, 2.45) is 0 Å². The summed E-state index contributed by atoms with van der Waals surface area (Å²) in [5, 5.41) is 3.72. The fourth-order valence-electron chi connectivity index (χ4n) is 3.21. The summed E-state index contributed by atoms with van der Waals surface area (Å²) in [5.41, 5.74) is -0.0389. The highest BCUT2D eigenvalue weighted by atomic mass is 19.2. The van der Waals surface area contributed by atoms with Crippen LogP contribution in [0, 0.1) is 23.3 Å². The van der Waals surface area contributed by atoms with Crippen molar-refractivity contribution < 1.29 is 26.9 Å². The van der Waals surface area contributed by atoms with Crippen LogP contribution in [0.1, 0.15) is 35.1 Å². The van der Waals surface area contributed by atoms with Gasteiger partial charge in [0.05, 0.1) is 5.56 Å². The van der Waals surface area contributed by atoms with Crippen molar-refractivity contribution in [3.63, 3.8) is 0 Å². The number of rotatable bonds is 3. The molecule has 1 amide bonds. The van der Waals surface area contributed by atoms with Gasteiger partial charge in [-0.3, -0.25) is 4.79 Å². The standard InChI is InChI=1S/C19H13F4N3O2/c20-11-4-5-12(14(22)9-11)17-24-18(28-25-17)16-2-1-7-26(16)19(27)10-3-6-13(21)15(23)8-10/h3-6,8-9,16H,1-2,7H2/t16-/m1/s1. The van der Waals surface area contributed by atoms with E-state index in [9.17, 15) is 22.4 Å². The summed E-state index contributed by atoms with van der Waals surface area (Å²) >= 11 is 0. The van der Waals surface area contributed by atoms with E-state index >= 15 is 0 Å². The van der Waals surface area contributed by atoms with E-state index in [-0.39, 0.29) is 22.8 Å². The highest BCUT2D eigenvalue weighted by Crippen LogP contribution is 2.33. The third-order valence-electron chi connectivity index (χ3n) is 4.58. The molecular formula is C19H13F4N3O2. The maximum absolute atomic E-state index is 13.9. The van der Waals surface area contributed by atoms with Crippen LogP contribution >= 0.6 is 0 Å². The van der Waals surface area contributed by atoms with Crippen LogP contribution < -0.4 is 0 Å². The van der Waals surface area contributed by atoms with Crippen LogP contribution in [0.3, 0.4) is 0 Å². The van der Waals surface area contributed by atoms with Crippen LogP contribution in [-0.4, -0.2) is 27.5 Å². The minimum absolute atomic E-state index is 0.00452. The first-order chi connectivity index (χ1) is 13.4. The van der Waals surface area contributed by atoms with Crippen molar-refractivity contribution in [3.8, 4) is 11.4 Å².